The summed E-state index contributed by atoms with van der Waals surface area (Å²) in [5, 5.41) is 4.99. The molecule has 1 saturated heterocycles. The van der Waals surface area contributed by atoms with E-state index in [0.717, 1.165) is 128 Å². The number of methoxy groups -OCH3 is 1. The molecule has 624 valence electrons. The number of aryl methyl sites for hydroxylation is 1. The number of carbonyl (C=O) groups excluding carboxylic acids is 4. The fraction of sp³-hybridized carbons (Fsp3) is 0.234. The summed E-state index contributed by atoms with van der Waals surface area (Å²) >= 11 is 3.60. The molecule has 4 heterocycles. The Labute approximate surface area is 727 Å². The van der Waals surface area contributed by atoms with Crippen molar-refractivity contribution in [3.8, 4) is 57.1 Å². The minimum Gasteiger partial charge on any atom is -0.497 e. The zero-order valence-electron chi connectivity index (χ0n) is 70.7. The van der Waals surface area contributed by atoms with Gasteiger partial charge in [0.2, 0.25) is 0 Å². The maximum Gasteiger partial charge on any atom is 0.342 e. The van der Waals surface area contributed by atoms with Gasteiger partial charge in [0.05, 0.1) is 33.5 Å². The first-order valence-electron chi connectivity index (χ1n) is 42.5. The third-order valence-electron chi connectivity index (χ3n) is 22.6. The van der Waals surface area contributed by atoms with Gasteiger partial charge in [0.25, 0.3) is 0 Å². The summed E-state index contributed by atoms with van der Waals surface area (Å²) in [6.45, 7) is 16.4. The van der Waals surface area contributed by atoms with Crippen molar-refractivity contribution in [2.75, 3.05) is 51.5 Å². The number of ether oxygens (including phenoxy) is 10. The van der Waals surface area contributed by atoms with Crippen LogP contribution in [0.15, 0.2) is 277 Å². The van der Waals surface area contributed by atoms with Crippen LogP contribution in [0.3, 0.4) is 0 Å². The van der Waals surface area contributed by atoms with E-state index in [4.69, 9.17) is 47.4 Å². The van der Waals surface area contributed by atoms with Gasteiger partial charge in [-0.2, -0.15) is 0 Å². The van der Waals surface area contributed by atoms with E-state index in [2.05, 4.69) is 193 Å². The van der Waals surface area contributed by atoms with Gasteiger partial charge < -0.3 is 52.3 Å². The lowest BCUT2D eigenvalue weighted by molar-refractivity contribution is -0.132. The maximum absolute atomic E-state index is 13.4. The van der Waals surface area contributed by atoms with Crippen molar-refractivity contribution in [1.29, 1.82) is 0 Å². The van der Waals surface area contributed by atoms with Crippen LogP contribution in [-0.2, 0) is 42.3 Å². The van der Waals surface area contributed by atoms with Crippen molar-refractivity contribution in [2.24, 2.45) is 0 Å². The number of rotatable bonds is 24. The van der Waals surface area contributed by atoms with Gasteiger partial charge in [-0.15, -0.1) is 0 Å². The predicted molar refractivity (Wildman–Crippen MR) is 492 cm³/mol. The molecule has 0 N–H and O–H groups in total. The number of hydrogen-bond donors (Lipinski definition) is 0. The van der Waals surface area contributed by atoms with Crippen LogP contribution in [0.2, 0.25) is 0 Å². The Hall–Kier alpha value is -13.2. The molecule has 15 nitrogen and oxygen atoms in total. The molecule has 0 bridgehead atoms. The van der Waals surface area contributed by atoms with Crippen molar-refractivity contribution in [3.63, 3.8) is 0 Å². The average molecular weight is 1700 g/mol. The van der Waals surface area contributed by atoms with E-state index in [0.29, 0.717) is 57.4 Å². The molecule has 0 spiro atoms. The van der Waals surface area contributed by atoms with Crippen molar-refractivity contribution in [2.45, 2.75) is 117 Å². The summed E-state index contributed by atoms with van der Waals surface area (Å²) < 4.78 is 61.7. The number of carbonyl (C=O) groups is 4. The highest BCUT2D eigenvalue weighted by atomic mass is 79.9. The summed E-state index contributed by atoms with van der Waals surface area (Å²) in [7, 11) is 1.64. The Bertz CT molecular complexity index is 6080. The molecular weight excluding hydrogens is 1600 g/mol. The van der Waals surface area contributed by atoms with Crippen molar-refractivity contribution in [1.82, 2.24) is 0 Å². The lowest BCUT2D eigenvalue weighted by atomic mass is 9.82. The van der Waals surface area contributed by atoms with Crippen LogP contribution in [0.25, 0.3) is 61.7 Å². The van der Waals surface area contributed by atoms with Gasteiger partial charge in [0.1, 0.15) is 45.6 Å². The molecule has 0 amide bonds. The van der Waals surface area contributed by atoms with E-state index in [-0.39, 0.29) is 35.8 Å². The molecular formula is C107H100BrNO14. The molecule has 16 heteroatoms. The van der Waals surface area contributed by atoms with Crippen LogP contribution in [0, 0.1) is 0 Å². The summed E-state index contributed by atoms with van der Waals surface area (Å²) in [5.41, 5.74) is 10.2. The standard InChI is InChI=1S/C39H34O6.C35H34O6.C33H32BrNO2/c1-4-25-43-31-21-19-30(20-22-31)39(29-17-15-28(16-18-29)27-11-7-6-8-12-27)24-23-34-35(38(41)42-5-2)37(44-26(3)40)33-14-10-9-13-32(33)36(34)45-39;1-5-7-10-24-13-15-25(16-14-24)35(26-17-19-27(38-4)20-18-26)22-21-30-31(34(37)39-6-2)33(40-23(3)36)29-12-9-8-11-28(29)32(30)41-35;1-2-22-36-28-16-12-26(13-17-28)33(25-10-14-27(34)15-11-25)19-18-24-23-31(35-20-6-3-7-21-35)29-8-4-5-9-30(29)32(24)37-33/h6-24H,4-5,25H2,1-3H3;8-9,11-22H,5-7,10H2,1-4H3;4-5,8-19,23H,2-3,6-7,20-22H2,1H3. The average Bonchev–Trinajstić information content (AvgIpc) is 0.729. The predicted octanol–water partition coefficient (Wildman–Crippen LogP) is 25.1. The monoisotopic (exact) mass is 1700 g/mol. The van der Waals surface area contributed by atoms with Gasteiger partial charge >= 0.3 is 23.9 Å². The first-order valence-corrected chi connectivity index (χ1v) is 43.3. The second kappa shape index (κ2) is 38.3. The third kappa shape index (κ3) is 17.7. The summed E-state index contributed by atoms with van der Waals surface area (Å²) in [6.07, 6.45) is 21.1. The maximum atomic E-state index is 13.4. The zero-order valence-corrected chi connectivity index (χ0v) is 72.2. The van der Waals surface area contributed by atoms with Crippen LogP contribution in [0.5, 0.6) is 46.0 Å². The van der Waals surface area contributed by atoms with Gasteiger partial charge in [-0.25, -0.2) is 9.59 Å². The summed E-state index contributed by atoms with van der Waals surface area (Å²) in [6, 6.07) is 85.5. The van der Waals surface area contributed by atoms with Crippen LogP contribution in [0.4, 0.5) is 5.69 Å². The van der Waals surface area contributed by atoms with E-state index in [1.165, 1.54) is 49.7 Å². The molecule has 4 aliphatic heterocycles. The Morgan fingerprint density at radius 1 is 0.407 bits per heavy atom. The highest BCUT2D eigenvalue weighted by Gasteiger charge is 2.44. The van der Waals surface area contributed by atoms with Gasteiger partial charge in [-0.05, 0) is 160 Å². The SMILES string of the molecule is CCCCc1ccc(C2(c3ccc(OC)cc3)C=Cc3c(C(=O)OCC)c(OC(C)=O)c4ccccc4c3O2)cc1.CCCOc1ccc(C2(c3ccc(-c4ccccc4)cc3)C=Cc3c(C(=O)OCC)c(OC(C)=O)c4ccccc4c3O2)cc1.CCCOc1ccc(C2(c3ccc(Br)cc3)C=Cc3cc(N4CCCCC4)c4ccccc4c3O2)cc1. The molecule has 0 aliphatic carbocycles. The molecule has 0 saturated carbocycles. The lowest BCUT2D eigenvalue weighted by Gasteiger charge is -2.38. The van der Waals surface area contributed by atoms with Gasteiger partial charge in [-0.3, -0.25) is 9.59 Å². The van der Waals surface area contributed by atoms with Crippen LogP contribution in [0.1, 0.15) is 170 Å². The number of fused-ring (bicyclic) bond motifs is 9. The molecule has 3 unspecified atom stereocenters. The molecule has 13 aromatic rings. The van der Waals surface area contributed by atoms with E-state index < -0.39 is 40.7 Å². The lowest BCUT2D eigenvalue weighted by Crippen LogP contribution is -2.35. The molecule has 17 rings (SSSR count). The van der Waals surface area contributed by atoms with Crippen LogP contribution in [-0.4, -0.2) is 70.5 Å². The molecule has 3 atom stereocenters. The van der Waals surface area contributed by atoms with E-state index in [9.17, 15) is 19.2 Å². The highest BCUT2D eigenvalue weighted by Crippen LogP contribution is 2.54. The van der Waals surface area contributed by atoms with Crippen LogP contribution < -0.4 is 42.8 Å². The number of halogens is 1. The normalized spacial score (nSPS) is 16.4. The van der Waals surface area contributed by atoms with E-state index >= 15 is 0 Å². The fourth-order valence-corrected chi connectivity index (χ4v) is 16.9. The number of benzene rings is 13. The van der Waals surface area contributed by atoms with Crippen LogP contribution >= 0.6 is 15.9 Å². The quantitative estimate of drug-likeness (QED) is 0.0414. The second-order valence-electron chi connectivity index (χ2n) is 30.8. The van der Waals surface area contributed by atoms with Crippen molar-refractivity contribution in [3.05, 3.63) is 344 Å². The molecule has 1 fully saturated rings. The van der Waals surface area contributed by atoms with Gasteiger partial charge in [0, 0.05) is 119 Å². The number of anilines is 1. The number of esters is 4. The minimum atomic E-state index is -1.05. The molecule has 4 aliphatic rings. The Morgan fingerprint density at radius 2 is 0.789 bits per heavy atom. The topological polar surface area (TPSA) is 164 Å². The first kappa shape index (κ1) is 84.8. The zero-order chi connectivity index (χ0) is 85.6. The van der Waals surface area contributed by atoms with E-state index in [1.54, 1.807) is 21.0 Å². The fourth-order valence-electron chi connectivity index (χ4n) is 16.7. The smallest absolute Gasteiger partial charge is 0.342 e. The van der Waals surface area contributed by atoms with Crippen molar-refractivity contribution >= 4 is 96.0 Å². The van der Waals surface area contributed by atoms with E-state index in [1.807, 2.05) is 140 Å². The Kier molecular flexibility index (Phi) is 26.4. The number of unbranched alkanes of at least 4 members (excludes halogenated alkanes) is 1. The van der Waals surface area contributed by atoms with Gasteiger partial charge in [0.15, 0.2) is 28.3 Å². The number of hydrogen-bond acceptors (Lipinski definition) is 15. The van der Waals surface area contributed by atoms with Gasteiger partial charge in [-0.1, -0.05) is 249 Å². The summed E-state index contributed by atoms with van der Waals surface area (Å²) in [5.74, 6) is 2.40. The third-order valence-corrected chi connectivity index (χ3v) is 23.2. The number of nitrogens with zero attached hydrogens (tertiary/aromatic N) is 1. The minimum absolute atomic E-state index is 0.147. The molecule has 0 aromatic heterocycles. The summed E-state index contributed by atoms with van der Waals surface area (Å²) in [4.78, 5) is 53.7. The largest absolute Gasteiger partial charge is 0.497 e. The Morgan fingerprint density at radius 3 is 1.22 bits per heavy atom. The molecule has 123 heavy (non-hydrogen) atoms. The van der Waals surface area contributed by atoms with Crippen molar-refractivity contribution < 1.29 is 66.5 Å². The molecule has 13 aromatic carbocycles. The highest BCUT2D eigenvalue weighted by molar-refractivity contribution is 9.10. The molecule has 0 radical (unpaired) electrons. The Balaban J connectivity index is 0.000000144. The second-order valence-corrected chi connectivity index (χ2v) is 31.7. The first-order chi connectivity index (χ1) is 60.0. The number of piperidine rings is 1.